The lowest BCUT2D eigenvalue weighted by Gasteiger charge is -2.28. The number of rotatable bonds is 1. The van der Waals surface area contributed by atoms with Gasteiger partial charge in [-0.15, -0.1) is 0 Å². The van der Waals surface area contributed by atoms with Gasteiger partial charge in [0.15, 0.2) is 0 Å². The van der Waals surface area contributed by atoms with Gasteiger partial charge < -0.3 is 5.32 Å². The van der Waals surface area contributed by atoms with Gasteiger partial charge >= 0.3 is 0 Å². The minimum atomic E-state index is 0.315. The maximum Gasteiger partial charge on any atom is 0.0128 e. The molecule has 2 bridgehead atoms. The van der Waals surface area contributed by atoms with Gasteiger partial charge in [-0.2, -0.15) is 0 Å². The predicted octanol–water partition coefficient (Wildman–Crippen LogP) is 2.56. The van der Waals surface area contributed by atoms with Gasteiger partial charge in [-0.05, 0) is 58.3 Å². The van der Waals surface area contributed by atoms with Crippen LogP contribution in [0.15, 0.2) is 0 Å². The van der Waals surface area contributed by atoms with Gasteiger partial charge in [-0.1, -0.05) is 0 Å². The summed E-state index contributed by atoms with van der Waals surface area (Å²) in [6, 6.07) is 0.852. The van der Waals surface area contributed by atoms with E-state index in [0.717, 1.165) is 17.9 Å². The van der Waals surface area contributed by atoms with Crippen molar-refractivity contribution in [2.24, 2.45) is 11.8 Å². The first-order valence-electron chi connectivity index (χ1n) is 5.34. The lowest BCUT2D eigenvalue weighted by atomic mass is 10.0. The summed E-state index contributed by atoms with van der Waals surface area (Å²) in [4.78, 5) is 0. The molecule has 0 spiro atoms. The van der Waals surface area contributed by atoms with Gasteiger partial charge in [-0.25, -0.2) is 0 Å². The van der Waals surface area contributed by atoms with Crippen molar-refractivity contribution in [1.29, 1.82) is 0 Å². The minimum Gasteiger partial charge on any atom is -0.309 e. The van der Waals surface area contributed by atoms with Gasteiger partial charge in [0.05, 0.1) is 0 Å². The molecule has 2 aliphatic rings. The van der Waals surface area contributed by atoms with Crippen LogP contribution < -0.4 is 5.32 Å². The van der Waals surface area contributed by atoms with Crippen molar-refractivity contribution in [3.05, 3.63) is 0 Å². The van der Waals surface area contributed by atoms with Crippen LogP contribution in [0.1, 0.15) is 46.5 Å². The Morgan fingerprint density at radius 2 is 1.33 bits per heavy atom. The molecular formula is C11H21N. The summed E-state index contributed by atoms with van der Waals surface area (Å²) in [5.74, 6) is 2.02. The highest BCUT2D eigenvalue weighted by atomic mass is 15.0. The van der Waals surface area contributed by atoms with E-state index in [9.17, 15) is 0 Å². The third-order valence-corrected chi connectivity index (χ3v) is 3.43. The Bertz CT molecular complexity index is 148. The van der Waals surface area contributed by atoms with Crippen molar-refractivity contribution in [2.75, 3.05) is 0 Å². The Morgan fingerprint density at radius 1 is 0.917 bits per heavy atom. The van der Waals surface area contributed by atoms with Crippen molar-refractivity contribution in [1.82, 2.24) is 5.32 Å². The number of nitrogens with one attached hydrogen (secondary N) is 1. The monoisotopic (exact) mass is 167 g/mol. The van der Waals surface area contributed by atoms with E-state index in [1.165, 1.54) is 25.7 Å². The molecule has 0 saturated heterocycles. The van der Waals surface area contributed by atoms with Gasteiger partial charge in [0.25, 0.3) is 0 Å². The number of hydrogen-bond acceptors (Lipinski definition) is 1. The molecule has 0 amide bonds. The fourth-order valence-corrected chi connectivity index (χ4v) is 2.98. The highest BCUT2D eigenvalue weighted by Gasteiger charge is 2.42. The van der Waals surface area contributed by atoms with Crippen molar-refractivity contribution in [3.63, 3.8) is 0 Å². The van der Waals surface area contributed by atoms with E-state index in [-0.39, 0.29) is 0 Å². The molecule has 0 aromatic carbocycles. The highest BCUT2D eigenvalue weighted by Crippen LogP contribution is 2.45. The Hall–Kier alpha value is -0.0400. The summed E-state index contributed by atoms with van der Waals surface area (Å²) in [5.41, 5.74) is 0.315. The Balaban J connectivity index is 1.97. The third-order valence-electron chi connectivity index (χ3n) is 3.43. The molecule has 1 nitrogen and oxygen atoms in total. The summed E-state index contributed by atoms with van der Waals surface area (Å²) in [7, 11) is 0. The first-order valence-corrected chi connectivity index (χ1v) is 5.34. The van der Waals surface area contributed by atoms with Crippen LogP contribution in [0.2, 0.25) is 0 Å². The normalized spacial score (nSPS) is 40.8. The first kappa shape index (κ1) is 8.55. The quantitative estimate of drug-likeness (QED) is 0.633. The summed E-state index contributed by atoms with van der Waals surface area (Å²) >= 11 is 0. The average molecular weight is 167 g/mol. The second-order valence-corrected chi connectivity index (χ2v) is 5.59. The second kappa shape index (κ2) is 2.73. The molecule has 0 aliphatic heterocycles. The van der Waals surface area contributed by atoms with Crippen molar-refractivity contribution < 1.29 is 0 Å². The van der Waals surface area contributed by atoms with E-state index in [1.54, 1.807) is 0 Å². The van der Waals surface area contributed by atoms with Crippen LogP contribution in [0.3, 0.4) is 0 Å². The molecule has 70 valence electrons. The van der Waals surface area contributed by atoms with E-state index in [4.69, 9.17) is 0 Å². The van der Waals surface area contributed by atoms with Crippen molar-refractivity contribution in [2.45, 2.75) is 58.0 Å². The fraction of sp³-hybridized carbons (Fsp3) is 1.00. The van der Waals surface area contributed by atoms with Crippen LogP contribution in [0.4, 0.5) is 0 Å². The van der Waals surface area contributed by atoms with Crippen LogP contribution in [0.5, 0.6) is 0 Å². The molecule has 0 atom stereocenters. The molecule has 1 heteroatoms. The van der Waals surface area contributed by atoms with Crippen LogP contribution >= 0.6 is 0 Å². The van der Waals surface area contributed by atoms with E-state index >= 15 is 0 Å². The summed E-state index contributed by atoms with van der Waals surface area (Å²) < 4.78 is 0. The lowest BCUT2D eigenvalue weighted by molar-refractivity contribution is 0.309. The zero-order chi connectivity index (χ0) is 8.77. The molecule has 1 N–H and O–H groups in total. The average Bonchev–Trinajstić information content (AvgIpc) is 2.46. The van der Waals surface area contributed by atoms with Gasteiger partial charge in [0, 0.05) is 11.6 Å². The third kappa shape index (κ3) is 1.52. The SMILES string of the molecule is CC(C)(C)NC1C2CCC1CC2. The Kier molecular flexibility index (Phi) is 1.95. The topological polar surface area (TPSA) is 12.0 Å². The Labute approximate surface area is 75.9 Å². The lowest BCUT2D eigenvalue weighted by Crippen LogP contribution is -2.45. The molecule has 0 unspecified atom stereocenters. The smallest absolute Gasteiger partial charge is 0.0128 e. The minimum absolute atomic E-state index is 0.315. The molecule has 0 heterocycles. The maximum atomic E-state index is 3.78. The summed E-state index contributed by atoms with van der Waals surface area (Å²) in [6.07, 6.45) is 5.94. The number of fused-ring (bicyclic) bond motifs is 2. The van der Waals surface area contributed by atoms with Crippen LogP contribution in [-0.4, -0.2) is 11.6 Å². The molecule has 0 aromatic heterocycles. The molecular weight excluding hydrogens is 146 g/mol. The Morgan fingerprint density at radius 3 is 1.67 bits per heavy atom. The second-order valence-electron chi connectivity index (χ2n) is 5.59. The molecule has 2 saturated carbocycles. The zero-order valence-electron chi connectivity index (χ0n) is 8.56. The maximum absolute atomic E-state index is 3.78. The van der Waals surface area contributed by atoms with Crippen molar-refractivity contribution >= 4 is 0 Å². The van der Waals surface area contributed by atoms with E-state index in [0.29, 0.717) is 5.54 Å². The fourth-order valence-electron chi connectivity index (χ4n) is 2.98. The van der Waals surface area contributed by atoms with Crippen LogP contribution in [-0.2, 0) is 0 Å². The predicted molar refractivity (Wildman–Crippen MR) is 52.1 cm³/mol. The zero-order valence-corrected chi connectivity index (χ0v) is 8.56. The highest BCUT2D eigenvalue weighted by molar-refractivity contribution is 4.98. The van der Waals surface area contributed by atoms with Crippen LogP contribution in [0, 0.1) is 11.8 Å². The van der Waals surface area contributed by atoms with Crippen molar-refractivity contribution in [3.8, 4) is 0 Å². The molecule has 0 radical (unpaired) electrons. The molecule has 2 fully saturated rings. The first-order chi connectivity index (χ1) is 5.56. The standard InChI is InChI=1S/C11H21N/c1-11(2,3)12-10-8-4-5-9(10)7-6-8/h8-10,12H,4-7H2,1-3H3. The molecule has 2 rings (SSSR count). The summed E-state index contributed by atoms with van der Waals surface area (Å²) in [6.45, 7) is 6.85. The summed E-state index contributed by atoms with van der Waals surface area (Å²) in [5, 5.41) is 3.78. The van der Waals surface area contributed by atoms with Crippen LogP contribution in [0.25, 0.3) is 0 Å². The molecule has 12 heavy (non-hydrogen) atoms. The van der Waals surface area contributed by atoms with E-state index in [1.807, 2.05) is 0 Å². The van der Waals surface area contributed by atoms with Gasteiger partial charge in [-0.3, -0.25) is 0 Å². The van der Waals surface area contributed by atoms with Gasteiger partial charge in [0.1, 0.15) is 0 Å². The van der Waals surface area contributed by atoms with E-state index < -0.39 is 0 Å². The molecule has 0 aromatic rings. The van der Waals surface area contributed by atoms with Gasteiger partial charge in [0.2, 0.25) is 0 Å². The largest absolute Gasteiger partial charge is 0.309 e. The number of hydrogen-bond donors (Lipinski definition) is 1. The van der Waals surface area contributed by atoms with E-state index in [2.05, 4.69) is 26.1 Å². The molecule has 2 aliphatic carbocycles.